The van der Waals surface area contributed by atoms with Gasteiger partial charge in [0, 0.05) is 6.07 Å². The third kappa shape index (κ3) is 3.97. The van der Waals surface area contributed by atoms with Crippen molar-refractivity contribution in [3.8, 4) is 11.5 Å². The highest BCUT2D eigenvalue weighted by Crippen LogP contribution is 2.34. The third-order valence-corrected chi connectivity index (χ3v) is 4.14. The zero-order chi connectivity index (χ0) is 19.4. The summed E-state index contributed by atoms with van der Waals surface area (Å²) in [5.41, 5.74) is 1.61. The molecule has 1 heterocycles. The molecular weight excluding hydrogens is 352 g/mol. The van der Waals surface area contributed by atoms with Crippen LogP contribution in [-0.4, -0.2) is 22.8 Å². The van der Waals surface area contributed by atoms with Gasteiger partial charge in [-0.1, -0.05) is 12.1 Å². The molecule has 144 valence electrons. The first kappa shape index (κ1) is 18.9. The van der Waals surface area contributed by atoms with E-state index in [0.717, 1.165) is 4.57 Å². The predicted molar refractivity (Wildman–Crippen MR) is 102 cm³/mol. The molecule has 0 fully saturated rings. The number of anilines is 1. The molecule has 0 aliphatic heterocycles. The van der Waals surface area contributed by atoms with Crippen LogP contribution in [0.15, 0.2) is 42.5 Å². The molecule has 1 aromatic heterocycles. The van der Waals surface area contributed by atoms with E-state index in [0.29, 0.717) is 41.4 Å². The number of hydrogen-bond donors (Lipinski definition) is 1. The van der Waals surface area contributed by atoms with Crippen molar-refractivity contribution in [2.24, 2.45) is 0 Å². The Kier molecular flexibility index (Phi) is 5.78. The SMILES string of the molecule is CCOc1ccc(OCC)c(NC(C)c2nc3ccccc3n2C(F)F)c1. The van der Waals surface area contributed by atoms with Crippen molar-refractivity contribution in [3.05, 3.63) is 48.3 Å². The van der Waals surface area contributed by atoms with Gasteiger partial charge in [-0.15, -0.1) is 0 Å². The number of nitrogens with one attached hydrogen (secondary N) is 1. The Labute approximate surface area is 156 Å². The summed E-state index contributed by atoms with van der Waals surface area (Å²) in [5.74, 6) is 1.57. The lowest BCUT2D eigenvalue weighted by Gasteiger charge is -2.20. The number of fused-ring (bicyclic) bond motifs is 1. The van der Waals surface area contributed by atoms with Gasteiger partial charge in [0.2, 0.25) is 0 Å². The average molecular weight is 375 g/mol. The van der Waals surface area contributed by atoms with Gasteiger partial charge in [0.15, 0.2) is 0 Å². The van der Waals surface area contributed by atoms with Crippen molar-refractivity contribution in [2.75, 3.05) is 18.5 Å². The van der Waals surface area contributed by atoms with Gasteiger partial charge in [0.1, 0.15) is 17.3 Å². The second-order valence-electron chi connectivity index (χ2n) is 6.00. The fourth-order valence-corrected chi connectivity index (χ4v) is 3.03. The van der Waals surface area contributed by atoms with Gasteiger partial charge in [-0.2, -0.15) is 8.78 Å². The minimum Gasteiger partial charge on any atom is -0.494 e. The molecule has 0 radical (unpaired) electrons. The summed E-state index contributed by atoms with van der Waals surface area (Å²) < 4.78 is 39.6. The Balaban J connectivity index is 1.98. The molecule has 1 N–H and O–H groups in total. The lowest BCUT2D eigenvalue weighted by Crippen LogP contribution is -2.15. The van der Waals surface area contributed by atoms with Crippen LogP contribution in [0, 0.1) is 0 Å². The van der Waals surface area contributed by atoms with Crippen molar-refractivity contribution in [2.45, 2.75) is 33.4 Å². The second kappa shape index (κ2) is 8.24. The molecule has 0 saturated carbocycles. The quantitative estimate of drug-likeness (QED) is 0.572. The van der Waals surface area contributed by atoms with Crippen LogP contribution in [0.1, 0.15) is 39.2 Å². The maximum absolute atomic E-state index is 13.7. The van der Waals surface area contributed by atoms with Gasteiger partial charge in [-0.3, -0.25) is 4.57 Å². The van der Waals surface area contributed by atoms with Crippen LogP contribution in [0.5, 0.6) is 11.5 Å². The number of benzene rings is 2. The molecule has 27 heavy (non-hydrogen) atoms. The molecule has 0 saturated heterocycles. The minimum absolute atomic E-state index is 0.260. The summed E-state index contributed by atoms with van der Waals surface area (Å²) in [6.07, 6.45) is 0. The maximum atomic E-state index is 13.7. The van der Waals surface area contributed by atoms with E-state index >= 15 is 0 Å². The highest BCUT2D eigenvalue weighted by atomic mass is 19.3. The van der Waals surface area contributed by atoms with Gasteiger partial charge in [-0.05, 0) is 45.0 Å². The summed E-state index contributed by atoms with van der Waals surface area (Å²) in [6, 6.07) is 11.8. The van der Waals surface area contributed by atoms with E-state index in [1.807, 2.05) is 19.9 Å². The number of imidazole rings is 1. The Morgan fingerprint density at radius 2 is 1.81 bits per heavy atom. The predicted octanol–water partition coefficient (Wildman–Crippen LogP) is 5.40. The zero-order valence-electron chi connectivity index (χ0n) is 15.6. The Morgan fingerprint density at radius 3 is 2.52 bits per heavy atom. The van der Waals surface area contributed by atoms with Crippen molar-refractivity contribution in [1.29, 1.82) is 0 Å². The fraction of sp³-hybridized carbons (Fsp3) is 0.350. The monoisotopic (exact) mass is 375 g/mol. The maximum Gasteiger partial charge on any atom is 0.320 e. The van der Waals surface area contributed by atoms with Crippen LogP contribution in [-0.2, 0) is 0 Å². The number of halogens is 2. The smallest absolute Gasteiger partial charge is 0.320 e. The molecule has 0 bridgehead atoms. The number of aromatic nitrogens is 2. The highest BCUT2D eigenvalue weighted by molar-refractivity contribution is 5.76. The fourth-order valence-electron chi connectivity index (χ4n) is 3.03. The molecule has 0 amide bonds. The lowest BCUT2D eigenvalue weighted by atomic mass is 10.2. The minimum atomic E-state index is -2.68. The number of hydrogen-bond acceptors (Lipinski definition) is 4. The molecule has 0 aliphatic carbocycles. The number of nitrogens with zero attached hydrogens (tertiary/aromatic N) is 2. The molecule has 2 aromatic carbocycles. The van der Waals surface area contributed by atoms with Crippen molar-refractivity contribution < 1.29 is 18.3 Å². The second-order valence-corrected chi connectivity index (χ2v) is 6.00. The van der Waals surface area contributed by atoms with Crippen molar-refractivity contribution in [1.82, 2.24) is 9.55 Å². The molecular formula is C20H23F2N3O2. The van der Waals surface area contributed by atoms with Crippen LogP contribution in [0.25, 0.3) is 11.0 Å². The molecule has 0 aliphatic rings. The first-order valence-corrected chi connectivity index (χ1v) is 8.96. The average Bonchev–Trinajstić information content (AvgIpc) is 3.04. The van der Waals surface area contributed by atoms with E-state index in [9.17, 15) is 8.78 Å². The molecule has 3 rings (SSSR count). The molecule has 1 atom stereocenters. The van der Waals surface area contributed by atoms with Gasteiger partial charge in [-0.25, -0.2) is 4.98 Å². The summed E-state index contributed by atoms with van der Waals surface area (Å²) in [5, 5.41) is 3.24. The van der Waals surface area contributed by atoms with Crippen LogP contribution >= 0.6 is 0 Å². The Bertz CT molecular complexity index is 911. The number of alkyl halides is 2. The third-order valence-electron chi connectivity index (χ3n) is 4.14. The highest BCUT2D eigenvalue weighted by Gasteiger charge is 2.22. The molecule has 3 aromatic rings. The zero-order valence-corrected chi connectivity index (χ0v) is 15.6. The van der Waals surface area contributed by atoms with Gasteiger partial charge in [0.05, 0.1) is 36.0 Å². The van der Waals surface area contributed by atoms with Crippen molar-refractivity contribution >= 4 is 16.7 Å². The van der Waals surface area contributed by atoms with E-state index in [1.165, 1.54) is 0 Å². The lowest BCUT2D eigenvalue weighted by molar-refractivity contribution is 0.0708. The summed E-state index contributed by atoms with van der Waals surface area (Å²) in [4.78, 5) is 4.41. The topological polar surface area (TPSA) is 48.3 Å². The van der Waals surface area contributed by atoms with Crippen LogP contribution in [0.3, 0.4) is 0 Å². The van der Waals surface area contributed by atoms with E-state index in [-0.39, 0.29) is 5.82 Å². The van der Waals surface area contributed by atoms with Crippen LogP contribution in [0.4, 0.5) is 14.5 Å². The molecule has 5 nitrogen and oxygen atoms in total. The first-order chi connectivity index (χ1) is 13.0. The molecule has 7 heteroatoms. The number of para-hydroxylation sites is 2. The van der Waals surface area contributed by atoms with Gasteiger partial charge < -0.3 is 14.8 Å². The van der Waals surface area contributed by atoms with E-state index in [2.05, 4.69) is 10.3 Å². The normalized spacial score (nSPS) is 12.4. The molecule has 0 spiro atoms. The van der Waals surface area contributed by atoms with Crippen LogP contribution in [0.2, 0.25) is 0 Å². The van der Waals surface area contributed by atoms with Gasteiger partial charge >= 0.3 is 6.55 Å². The Morgan fingerprint density at radius 1 is 1.07 bits per heavy atom. The number of rotatable bonds is 8. The summed E-state index contributed by atoms with van der Waals surface area (Å²) in [6.45, 7) is 3.93. The first-order valence-electron chi connectivity index (χ1n) is 8.96. The summed E-state index contributed by atoms with van der Waals surface area (Å²) in [7, 11) is 0. The summed E-state index contributed by atoms with van der Waals surface area (Å²) >= 11 is 0. The standard InChI is InChI=1S/C20H23F2N3O2/c1-4-26-14-10-11-18(27-5-2)16(12-14)23-13(3)19-24-15-8-6-7-9-17(15)25(19)20(21)22/h6-13,20,23H,4-5H2,1-3H3. The number of ether oxygens (including phenoxy) is 2. The van der Waals surface area contributed by atoms with Gasteiger partial charge in [0.25, 0.3) is 0 Å². The Hall–Kier alpha value is -2.83. The van der Waals surface area contributed by atoms with E-state index in [4.69, 9.17) is 9.47 Å². The van der Waals surface area contributed by atoms with Crippen LogP contribution < -0.4 is 14.8 Å². The molecule has 1 unspecified atom stereocenters. The largest absolute Gasteiger partial charge is 0.494 e. The van der Waals surface area contributed by atoms with E-state index in [1.54, 1.807) is 43.3 Å². The van der Waals surface area contributed by atoms with E-state index < -0.39 is 12.6 Å². The van der Waals surface area contributed by atoms with Crippen molar-refractivity contribution in [3.63, 3.8) is 0 Å².